The molecule has 1 aliphatic rings. The fraction of sp³-hybridized carbons (Fsp3) is 1.00. The first-order valence-corrected chi connectivity index (χ1v) is 9.15. The largest absolute Gasteiger partial charge is 0.314 e. The average Bonchev–Trinajstić information content (AvgIpc) is 3.14. The molecule has 1 saturated carbocycles. The minimum Gasteiger partial charge on any atom is -0.314 e. The molecule has 1 fully saturated rings. The van der Waals surface area contributed by atoms with Crippen LogP contribution in [0.2, 0.25) is 0 Å². The maximum absolute atomic E-state index is 12.2. The summed E-state index contributed by atoms with van der Waals surface area (Å²) in [6.07, 6.45) is 3.36. The van der Waals surface area contributed by atoms with Gasteiger partial charge in [0.05, 0.1) is 0 Å². The number of hydrogen-bond donors (Lipinski definition) is 2. The van der Waals surface area contributed by atoms with E-state index in [4.69, 9.17) is 0 Å². The van der Waals surface area contributed by atoms with E-state index in [1.54, 1.807) is 7.05 Å². The van der Waals surface area contributed by atoms with E-state index >= 15 is 0 Å². The molecule has 0 saturated heterocycles. The summed E-state index contributed by atoms with van der Waals surface area (Å²) in [5.74, 6) is 0. The van der Waals surface area contributed by atoms with E-state index in [0.717, 1.165) is 19.5 Å². The maximum atomic E-state index is 12.2. The van der Waals surface area contributed by atoms with Crippen molar-refractivity contribution in [1.82, 2.24) is 19.2 Å². The molecule has 0 amide bonds. The molecule has 7 heteroatoms. The Morgan fingerprint density at radius 2 is 1.81 bits per heavy atom. The van der Waals surface area contributed by atoms with Gasteiger partial charge in [0.15, 0.2) is 0 Å². The zero-order valence-electron chi connectivity index (χ0n) is 14.1. The Balaban J connectivity index is 2.29. The van der Waals surface area contributed by atoms with E-state index in [9.17, 15) is 8.42 Å². The van der Waals surface area contributed by atoms with Gasteiger partial charge >= 0.3 is 0 Å². The Bertz CT molecular complexity index is 405. The molecule has 0 aromatic carbocycles. The highest BCUT2D eigenvalue weighted by atomic mass is 32.2. The number of hydrogen-bond acceptors (Lipinski definition) is 4. The number of nitrogens with one attached hydrogen (secondary N) is 2. The standard InChI is InChI=1S/C14H32N4O2S/c1-14(2,12-17(3)4)11-16-21(19,20)18(5)10-6-9-15-13-7-8-13/h13,15-16H,6-12H2,1-5H3. The third-order valence-electron chi connectivity index (χ3n) is 3.55. The van der Waals surface area contributed by atoms with Crippen molar-refractivity contribution < 1.29 is 8.42 Å². The van der Waals surface area contributed by atoms with E-state index in [1.165, 1.54) is 17.1 Å². The van der Waals surface area contributed by atoms with Gasteiger partial charge in [-0.2, -0.15) is 12.7 Å². The molecule has 1 aliphatic carbocycles. The van der Waals surface area contributed by atoms with Crippen LogP contribution in [-0.4, -0.2) is 71.0 Å². The normalized spacial score (nSPS) is 16.9. The van der Waals surface area contributed by atoms with Crippen molar-refractivity contribution >= 4 is 10.2 Å². The summed E-state index contributed by atoms with van der Waals surface area (Å²) in [6.45, 7) is 6.84. The van der Waals surface area contributed by atoms with Crippen molar-refractivity contribution in [3.63, 3.8) is 0 Å². The summed E-state index contributed by atoms with van der Waals surface area (Å²) in [7, 11) is 2.25. The molecule has 0 spiro atoms. The highest BCUT2D eigenvalue weighted by Crippen LogP contribution is 2.18. The van der Waals surface area contributed by atoms with Gasteiger partial charge in [-0.05, 0) is 45.3 Å². The lowest BCUT2D eigenvalue weighted by Gasteiger charge is -2.29. The van der Waals surface area contributed by atoms with Crippen LogP contribution >= 0.6 is 0 Å². The summed E-state index contributed by atoms with van der Waals surface area (Å²) in [4.78, 5) is 2.07. The van der Waals surface area contributed by atoms with E-state index < -0.39 is 10.2 Å². The Hall–Kier alpha value is -0.210. The molecule has 21 heavy (non-hydrogen) atoms. The minimum atomic E-state index is -3.38. The molecule has 0 radical (unpaired) electrons. The molecule has 1 rings (SSSR count). The van der Waals surface area contributed by atoms with Crippen LogP contribution in [0.25, 0.3) is 0 Å². The van der Waals surface area contributed by atoms with Gasteiger partial charge < -0.3 is 10.2 Å². The second-order valence-electron chi connectivity index (χ2n) is 7.13. The monoisotopic (exact) mass is 320 g/mol. The van der Waals surface area contributed by atoms with Crippen molar-refractivity contribution in [2.45, 2.75) is 39.2 Å². The fourth-order valence-corrected chi connectivity index (χ4v) is 3.49. The number of nitrogens with zero attached hydrogens (tertiary/aromatic N) is 2. The van der Waals surface area contributed by atoms with Crippen LogP contribution < -0.4 is 10.0 Å². The molecular weight excluding hydrogens is 288 g/mol. The topological polar surface area (TPSA) is 64.7 Å². The molecule has 0 aromatic rings. The van der Waals surface area contributed by atoms with Crippen molar-refractivity contribution in [2.24, 2.45) is 5.41 Å². The first-order valence-electron chi connectivity index (χ1n) is 7.71. The molecule has 0 aromatic heterocycles. The van der Waals surface area contributed by atoms with Crippen molar-refractivity contribution in [1.29, 1.82) is 0 Å². The van der Waals surface area contributed by atoms with Gasteiger partial charge in [0.25, 0.3) is 10.2 Å². The first-order chi connectivity index (χ1) is 9.62. The van der Waals surface area contributed by atoms with Gasteiger partial charge in [-0.15, -0.1) is 0 Å². The van der Waals surface area contributed by atoms with Crippen molar-refractivity contribution in [2.75, 3.05) is 47.3 Å². The summed E-state index contributed by atoms with van der Waals surface area (Å²) in [5.41, 5.74) is -0.0923. The van der Waals surface area contributed by atoms with Crippen LogP contribution in [0.1, 0.15) is 33.1 Å². The predicted octanol–water partition coefficient (Wildman–Crippen LogP) is 0.483. The first kappa shape index (κ1) is 18.8. The lowest BCUT2D eigenvalue weighted by Crippen LogP contribution is -2.45. The average molecular weight is 321 g/mol. The second kappa shape index (κ2) is 7.87. The van der Waals surface area contributed by atoms with Crippen molar-refractivity contribution in [3.05, 3.63) is 0 Å². The quantitative estimate of drug-likeness (QED) is 0.544. The summed E-state index contributed by atoms with van der Waals surface area (Å²) in [6, 6.07) is 0.678. The zero-order valence-corrected chi connectivity index (χ0v) is 15.0. The number of rotatable bonds is 11. The van der Waals surface area contributed by atoms with Crippen LogP contribution in [0, 0.1) is 5.41 Å². The molecule has 126 valence electrons. The Morgan fingerprint density at radius 1 is 1.19 bits per heavy atom. The van der Waals surface area contributed by atoms with Crippen molar-refractivity contribution in [3.8, 4) is 0 Å². The van der Waals surface area contributed by atoms with Gasteiger partial charge in [0.2, 0.25) is 0 Å². The maximum Gasteiger partial charge on any atom is 0.279 e. The molecule has 2 N–H and O–H groups in total. The van der Waals surface area contributed by atoms with Crippen LogP contribution in [0.4, 0.5) is 0 Å². The van der Waals surface area contributed by atoms with Crippen LogP contribution in [0.3, 0.4) is 0 Å². The van der Waals surface area contributed by atoms with Crippen LogP contribution in [-0.2, 0) is 10.2 Å². The van der Waals surface area contributed by atoms with E-state index in [-0.39, 0.29) is 5.41 Å². The summed E-state index contributed by atoms with van der Waals surface area (Å²) < 4.78 is 28.5. The highest BCUT2D eigenvalue weighted by molar-refractivity contribution is 7.87. The molecular formula is C14H32N4O2S. The Morgan fingerprint density at radius 3 is 2.33 bits per heavy atom. The minimum absolute atomic E-state index is 0.0923. The van der Waals surface area contributed by atoms with Gasteiger partial charge in [0.1, 0.15) is 0 Å². The third kappa shape index (κ3) is 8.11. The molecule has 0 aliphatic heterocycles. The molecule has 0 bridgehead atoms. The van der Waals surface area contributed by atoms with E-state index in [2.05, 4.69) is 28.8 Å². The second-order valence-corrected chi connectivity index (χ2v) is 8.99. The molecule has 0 atom stereocenters. The van der Waals surface area contributed by atoms with E-state index in [0.29, 0.717) is 19.1 Å². The third-order valence-corrected chi connectivity index (χ3v) is 5.06. The lowest BCUT2D eigenvalue weighted by atomic mass is 9.93. The zero-order chi connectivity index (χ0) is 16.1. The SMILES string of the molecule is CN(C)CC(C)(C)CNS(=O)(=O)N(C)CCCNC1CC1. The molecule has 0 heterocycles. The van der Waals surface area contributed by atoms with Crippen LogP contribution in [0.15, 0.2) is 0 Å². The van der Waals surface area contributed by atoms with E-state index in [1.807, 2.05) is 14.1 Å². The molecule has 0 unspecified atom stereocenters. The predicted molar refractivity (Wildman–Crippen MR) is 87.5 cm³/mol. The summed E-state index contributed by atoms with van der Waals surface area (Å²) >= 11 is 0. The highest BCUT2D eigenvalue weighted by Gasteiger charge is 2.24. The fourth-order valence-electron chi connectivity index (χ4n) is 2.32. The van der Waals surface area contributed by atoms with Gasteiger partial charge in [-0.3, -0.25) is 0 Å². The smallest absolute Gasteiger partial charge is 0.279 e. The lowest BCUT2D eigenvalue weighted by molar-refractivity contribution is 0.241. The van der Waals surface area contributed by atoms with Gasteiger partial charge in [-0.25, -0.2) is 4.72 Å². The summed E-state index contributed by atoms with van der Waals surface area (Å²) in [5, 5.41) is 3.39. The van der Waals surface area contributed by atoms with Gasteiger partial charge in [-0.1, -0.05) is 13.8 Å². The van der Waals surface area contributed by atoms with Crippen LogP contribution in [0.5, 0.6) is 0 Å². The Kier molecular flexibility index (Phi) is 7.06. The molecule has 6 nitrogen and oxygen atoms in total. The Labute approximate surface area is 130 Å². The van der Waals surface area contributed by atoms with Gasteiger partial charge in [0, 0.05) is 32.7 Å².